The van der Waals surface area contributed by atoms with E-state index in [2.05, 4.69) is 51.5 Å². The molecule has 0 aliphatic carbocycles. The SMILES string of the molecule is Cc1cc(Br)ccc1C(Cc1cccnc1)NN. The van der Waals surface area contributed by atoms with E-state index in [4.69, 9.17) is 5.84 Å². The van der Waals surface area contributed by atoms with Crippen LogP contribution in [0, 0.1) is 6.92 Å². The molecule has 0 bridgehead atoms. The second kappa shape index (κ2) is 6.09. The van der Waals surface area contributed by atoms with Crippen LogP contribution < -0.4 is 11.3 Å². The van der Waals surface area contributed by atoms with Crippen molar-refractivity contribution in [1.29, 1.82) is 0 Å². The first-order valence-corrected chi connectivity index (χ1v) is 6.61. The van der Waals surface area contributed by atoms with Crippen molar-refractivity contribution in [3.8, 4) is 0 Å². The lowest BCUT2D eigenvalue weighted by atomic mass is 9.96. The van der Waals surface area contributed by atoms with Crippen molar-refractivity contribution in [3.63, 3.8) is 0 Å². The highest BCUT2D eigenvalue weighted by molar-refractivity contribution is 9.10. The highest BCUT2D eigenvalue weighted by Gasteiger charge is 2.13. The Hall–Kier alpha value is -1.23. The monoisotopic (exact) mass is 305 g/mol. The summed E-state index contributed by atoms with van der Waals surface area (Å²) in [5.74, 6) is 5.68. The standard InChI is InChI=1S/C14H16BrN3/c1-10-7-12(15)4-5-13(10)14(18-16)8-11-3-2-6-17-9-11/h2-7,9,14,18H,8,16H2,1H3. The van der Waals surface area contributed by atoms with Gasteiger partial charge in [0, 0.05) is 16.9 Å². The van der Waals surface area contributed by atoms with Gasteiger partial charge in [0.25, 0.3) is 0 Å². The minimum absolute atomic E-state index is 0.0994. The minimum atomic E-state index is 0.0994. The van der Waals surface area contributed by atoms with Gasteiger partial charge in [-0.3, -0.25) is 16.3 Å². The Bertz CT molecular complexity index is 514. The summed E-state index contributed by atoms with van der Waals surface area (Å²) in [7, 11) is 0. The molecule has 3 N–H and O–H groups in total. The highest BCUT2D eigenvalue weighted by Crippen LogP contribution is 2.23. The fourth-order valence-electron chi connectivity index (χ4n) is 2.04. The van der Waals surface area contributed by atoms with Gasteiger partial charge in [-0.1, -0.05) is 28.1 Å². The average molecular weight is 306 g/mol. The van der Waals surface area contributed by atoms with Crippen molar-refractivity contribution < 1.29 is 0 Å². The van der Waals surface area contributed by atoms with E-state index in [9.17, 15) is 0 Å². The Morgan fingerprint density at radius 3 is 2.83 bits per heavy atom. The van der Waals surface area contributed by atoms with Crippen molar-refractivity contribution in [2.75, 3.05) is 0 Å². The Kier molecular flexibility index (Phi) is 4.47. The van der Waals surface area contributed by atoms with Crippen LogP contribution in [-0.4, -0.2) is 4.98 Å². The van der Waals surface area contributed by atoms with Crippen molar-refractivity contribution in [1.82, 2.24) is 10.4 Å². The summed E-state index contributed by atoms with van der Waals surface area (Å²) in [5, 5.41) is 0. The maximum absolute atomic E-state index is 5.68. The predicted octanol–water partition coefficient (Wildman–Crippen LogP) is 2.90. The summed E-state index contributed by atoms with van der Waals surface area (Å²) < 4.78 is 1.08. The van der Waals surface area contributed by atoms with E-state index in [0.29, 0.717) is 0 Å². The quantitative estimate of drug-likeness (QED) is 0.674. The molecule has 0 amide bonds. The largest absolute Gasteiger partial charge is 0.271 e. The lowest BCUT2D eigenvalue weighted by Gasteiger charge is -2.18. The lowest BCUT2D eigenvalue weighted by Crippen LogP contribution is -2.30. The summed E-state index contributed by atoms with van der Waals surface area (Å²) in [6, 6.07) is 10.3. The van der Waals surface area contributed by atoms with E-state index in [1.165, 1.54) is 16.7 Å². The topological polar surface area (TPSA) is 50.9 Å². The van der Waals surface area contributed by atoms with Crippen LogP contribution in [0.15, 0.2) is 47.2 Å². The van der Waals surface area contributed by atoms with Gasteiger partial charge in [0.2, 0.25) is 0 Å². The van der Waals surface area contributed by atoms with Crippen LogP contribution in [0.2, 0.25) is 0 Å². The number of halogens is 1. The molecule has 1 atom stereocenters. The van der Waals surface area contributed by atoms with Gasteiger partial charge in [-0.2, -0.15) is 0 Å². The van der Waals surface area contributed by atoms with E-state index < -0.39 is 0 Å². The van der Waals surface area contributed by atoms with Gasteiger partial charge in [-0.25, -0.2) is 0 Å². The number of aromatic nitrogens is 1. The smallest absolute Gasteiger partial charge is 0.0503 e. The molecule has 2 rings (SSSR count). The van der Waals surface area contributed by atoms with Gasteiger partial charge < -0.3 is 0 Å². The zero-order valence-electron chi connectivity index (χ0n) is 10.2. The first-order valence-electron chi connectivity index (χ1n) is 5.82. The second-order valence-electron chi connectivity index (χ2n) is 4.29. The Morgan fingerprint density at radius 1 is 1.39 bits per heavy atom. The molecule has 0 saturated carbocycles. The van der Waals surface area contributed by atoms with Crippen molar-refractivity contribution in [2.24, 2.45) is 5.84 Å². The molecule has 0 saturated heterocycles. The van der Waals surface area contributed by atoms with Crippen molar-refractivity contribution in [3.05, 3.63) is 63.9 Å². The number of pyridine rings is 1. The third-order valence-corrected chi connectivity index (χ3v) is 3.46. The van der Waals surface area contributed by atoms with Crippen LogP contribution in [-0.2, 0) is 6.42 Å². The van der Waals surface area contributed by atoms with Gasteiger partial charge in [-0.15, -0.1) is 0 Å². The molecule has 0 radical (unpaired) electrons. The number of nitrogens with two attached hydrogens (primary N) is 1. The van der Waals surface area contributed by atoms with Gasteiger partial charge in [0.1, 0.15) is 0 Å². The molecule has 18 heavy (non-hydrogen) atoms. The van der Waals surface area contributed by atoms with Gasteiger partial charge in [0.05, 0.1) is 6.04 Å². The Morgan fingerprint density at radius 2 is 2.22 bits per heavy atom. The van der Waals surface area contributed by atoms with Crippen LogP contribution in [0.5, 0.6) is 0 Å². The van der Waals surface area contributed by atoms with E-state index in [-0.39, 0.29) is 6.04 Å². The summed E-state index contributed by atoms with van der Waals surface area (Å²) in [5.41, 5.74) is 6.48. The molecular weight excluding hydrogens is 290 g/mol. The fraction of sp³-hybridized carbons (Fsp3) is 0.214. The van der Waals surface area contributed by atoms with Crippen LogP contribution in [0.3, 0.4) is 0 Å². The van der Waals surface area contributed by atoms with E-state index >= 15 is 0 Å². The van der Waals surface area contributed by atoms with Gasteiger partial charge >= 0.3 is 0 Å². The summed E-state index contributed by atoms with van der Waals surface area (Å²) in [6.45, 7) is 2.09. The number of hydrazine groups is 1. The Labute approximate surface area is 116 Å². The lowest BCUT2D eigenvalue weighted by molar-refractivity contribution is 0.548. The molecule has 0 aliphatic rings. The molecule has 0 fully saturated rings. The number of aryl methyl sites for hydroxylation is 1. The third-order valence-electron chi connectivity index (χ3n) is 2.97. The maximum atomic E-state index is 5.68. The van der Waals surface area contributed by atoms with E-state index in [1.807, 2.05) is 18.3 Å². The molecular formula is C14H16BrN3. The summed E-state index contributed by atoms with van der Waals surface area (Å²) >= 11 is 3.47. The normalized spacial score (nSPS) is 12.4. The predicted molar refractivity (Wildman–Crippen MR) is 76.9 cm³/mol. The van der Waals surface area contributed by atoms with Gasteiger partial charge in [-0.05, 0) is 48.2 Å². The molecule has 94 valence electrons. The number of nitrogens with one attached hydrogen (secondary N) is 1. The van der Waals surface area contributed by atoms with Crippen LogP contribution >= 0.6 is 15.9 Å². The van der Waals surface area contributed by atoms with Crippen LogP contribution in [0.25, 0.3) is 0 Å². The molecule has 0 spiro atoms. The molecule has 1 aromatic heterocycles. The van der Waals surface area contributed by atoms with Gasteiger partial charge in [0.15, 0.2) is 0 Å². The first-order chi connectivity index (χ1) is 8.70. The highest BCUT2D eigenvalue weighted by atomic mass is 79.9. The van der Waals surface area contributed by atoms with E-state index in [1.54, 1.807) is 6.20 Å². The third kappa shape index (κ3) is 3.16. The van der Waals surface area contributed by atoms with Crippen molar-refractivity contribution in [2.45, 2.75) is 19.4 Å². The van der Waals surface area contributed by atoms with Crippen LogP contribution in [0.4, 0.5) is 0 Å². The van der Waals surface area contributed by atoms with Crippen molar-refractivity contribution >= 4 is 15.9 Å². The molecule has 2 aromatic rings. The molecule has 1 aromatic carbocycles. The summed E-state index contributed by atoms with van der Waals surface area (Å²) in [4.78, 5) is 4.13. The second-order valence-corrected chi connectivity index (χ2v) is 5.20. The zero-order valence-corrected chi connectivity index (χ0v) is 11.8. The first kappa shape index (κ1) is 13.2. The average Bonchev–Trinajstić information content (AvgIpc) is 2.38. The Balaban J connectivity index is 2.23. The molecule has 0 aliphatic heterocycles. The molecule has 3 nitrogen and oxygen atoms in total. The fourth-order valence-corrected chi connectivity index (χ4v) is 2.52. The minimum Gasteiger partial charge on any atom is -0.271 e. The van der Waals surface area contributed by atoms with E-state index in [0.717, 1.165) is 10.9 Å². The number of benzene rings is 1. The molecule has 1 heterocycles. The van der Waals surface area contributed by atoms with Crippen LogP contribution in [0.1, 0.15) is 22.7 Å². The number of nitrogens with zero attached hydrogens (tertiary/aromatic N) is 1. The summed E-state index contributed by atoms with van der Waals surface area (Å²) in [6.07, 6.45) is 4.48. The zero-order chi connectivity index (χ0) is 13.0. The number of hydrogen-bond acceptors (Lipinski definition) is 3. The molecule has 1 unspecified atom stereocenters. The number of hydrogen-bond donors (Lipinski definition) is 2. The maximum Gasteiger partial charge on any atom is 0.0503 e. The number of rotatable bonds is 4. The molecule has 4 heteroatoms.